The van der Waals surface area contributed by atoms with Gasteiger partial charge in [-0.2, -0.15) is 0 Å². The molecular weight excluding hydrogens is 404 g/mol. The highest BCUT2D eigenvalue weighted by molar-refractivity contribution is 5.97. The second kappa shape index (κ2) is 6.95. The lowest BCUT2D eigenvalue weighted by molar-refractivity contribution is -0.153. The zero-order chi connectivity index (χ0) is 22.7. The maximum atomic E-state index is 12.8. The summed E-state index contributed by atoms with van der Waals surface area (Å²) in [4.78, 5) is 25.2. The molecule has 2 heterocycles. The Morgan fingerprint density at radius 1 is 0.938 bits per heavy atom. The Morgan fingerprint density at radius 2 is 1.62 bits per heavy atom. The van der Waals surface area contributed by atoms with Gasteiger partial charge >= 0.3 is 11.9 Å². The number of aryl methyl sites for hydroxylation is 1. The maximum absolute atomic E-state index is 12.8. The molecule has 5 heteroatoms. The van der Waals surface area contributed by atoms with Crippen LogP contribution in [-0.2, 0) is 26.3 Å². The van der Waals surface area contributed by atoms with E-state index < -0.39 is 11.2 Å². The SMILES string of the molecule is Cc1ccc2c(c1)Oc1cc(CC(=O)OC(C)(C)C)ccc1C21OC(=O)c2ccccc21. The standard InChI is InChI=1S/C27H24O5/c1-16-9-11-20-22(13-16)30-23-14-17(15-24(28)31-26(2,3)4)10-12-21(23)27(20)19-8-6-5-7-18(19)25(29)32-27/h5-14H,15H2,1-4H3. The molecule has 0 bridgehead atoms. The minimum atomic E-state index is -1.09. The first kappa shape index (κ1) is 20.3. The Morgan fingerprint density at radius 3 is 2.38 bits per heavy atom. The topological polar surface area (TPSA) is 61.8 Å². The summed E-state index contributed by atoms with van der Waals surface area (Å²) in [6, 6.07) is 18.9. The second-order valence-corrected chi connectivity index (χ2v) is 9.31. The van der Waals surface area contributed by atoms with E-state index in [-0.39, 0.29) is 18.4 Å². The van der Waals surface area contributed by atoms with Crippen LogP contribution >= 0.6 is 0 Å². The fourth-order valence-electron chi connectivity index (χ4n) is 4.48. The van der Waals surface area contributed by atoms with E-state index in [1.807, 2.05) is 82.3 Å². The number of esters is 2. The third-order valence-corrected chi connectivity index (χ3v) is 5.70. The second-order valence-electron chi connectivity index (χ2n) is 9.31. The van der Waals surface area contributed by atoms with Crippen molar-refractivity contribution in [3.63, 3.8) is 0 Å². The summed E-state index contributed by atoms with van der Waals surface area (Å²) < 4.78 is 17.9. The van der Waals surface area contributed by atoms with Crippen molar-refractivity contribution in [3.8, 4) is 11.5 Å². The highest BCUT2D eigenvalue weighted by atomic mass is 16.6. The lowest BCUT2D eigenvalue weighted by Gasteiger charge is -2.36. The van der Waals surface area contributed by atoms with Crippen LogP contribution < -0.4 is 4.74 Å². The van der Waals surface area contributed by atoms with Crippen molar-refractivity contribution < 1.29 is 23.8 Å². The summed E-state index contributed by atoms with van der Waals surface area (Å²) >= 11 is 0. The molecule has 5 nitrogen and oxygen atoms in total. The van der Waals surface area contributed by atoms with E-state index in [1.54, 1.807) is 6.07 Å². The molecule has 1 unspecified atom stereocenters. The number of ether oxygens (including phenoxy) is 3. The Hall–Kier alpha value is -3.60. The molecule has 3 aromatic carbocycles. The molecule has 1 atom stereocenters. The Balaban J connectivity index is 1.65. The van der Waals surface area contributed by atoms with Gasteiger partial charge in [-0.15, -0.1) is 0 Å². The van der Waals surface area contributed by atoms with Crippen LogP contribution in [0.1, 0.15) is 58.9 Å². The van der Waals surface area contributed by atoms with Gasteiger partial charge in [-0.1, -0.05) is 42.5 Å². The van der Waals surface area contributed by atoms with Crippen molar-refractivity contribution >= 4 is 11.9 Å². The highest BCUT2D eigenvalue weighted by Crippen LogP contribution is 2.56. The smallest absolute Gasteiger partial charge is 0.340 e. The molecule has 0 saturated carbocycles. The highest BCUT2D eigenvalue weighted by Gasteiger charge is 2.53. The molecule has 0 aromatic heterocycles. The third-order valence-electron chi connectivity index (χ3n) is 5.70. The van der Waals surface area contributed by atoms with Gasteiger partial charge in [0.2, 0.25) is 0 Å². The van der Waals surface area contributed by atoms with E-state index in [1.165, 1.54) is 0 Å². The molecule has 162 valence electrons. The molecule has 0 radical (unpaired) electrons. The monoisotopic (exact) mass is 428 g/mol. The largest absolute Gasteiger partial charge is 0.460 e. The van der Waals surface area contributed by atoms with Crippen molar-refractivity contribution in [3.05, 3.63) is 94.0 Å². The lowest BCUT2D eigenvalue weighted by atomic mass is 9.77. The molecule has 0 N–H and O–H groups in total. The van der Waals surface area contributed by atoms with Gasteiger partial charge in [0.25, 0.3) is 0 Å². The summed E-state index contributed by atoms with van der Waals surface area (Å²) in [6.45, 7) is 7.51. The van der Waals surface area contributed by atoms with E-state index >= 15 is 0 Å². The number of carbonyl (C=O) groups is 2. The van der Waals surface area contributed by atoms with Crippen LogP contribution in [0, 0.1) is 6.92 Å². The number of hydrogen-bond donors (Lipinski definition) is 0. The Labute approximate surface area is 186 Å². The van der Waals surface area contributed by atoms with Gasteiger partial charge in [0, 0.05) is 16.7 Å². The first-order chi connectivity index (χ1) is 15.2. The molecule has 0 amide bonds. The number of carbonyl (C=O) groups excluding carboxylic acids is 2. The van der Waals surface area contributed by atoms with Gasteiger partial charge in [-0.25, -0.2) is 4.79 Å². The van der Waals surface area contributed by atoms with Crippen molar-refractivity contribution in [2.75, 3.05) is 0 Å². The fraction of sp³-hybridized carbons (Fsp3) is 0.259. The van der Waals surface area contributed by atoms with Crippen LogP contribution in [0.2, 0.25) is 0 Å². The van der Waals surface area contributed by atoms with E-state index in [9.17, 15) is 9.59 Å². The number of benzene rings is 3. The van der Waals surface area contributed by atoms with Gasteiger partial charge in [0.1, 0.15) is 17.1 Å². The summed E-state index contributed by atoms with van der Waals surface area (Å²) in [5.74, 6) is 0.528. The summed E-state index contributed by atoms with van der Waals surface area (Å²) in [6.07, 6.45) is 0.123. The normalized spacial score (nSPS) is 18.3. The maximum Gasteiger partial charge on any atom is 0.340 e. The average Bonchev–Trinajstić information content (AvgIpc) is 3.00. The van der Waals surface area contributed by atoms with Gasteiger partial charge in [0.05, 0.1) is 12.0 Å². The predicted octanol–water partition coefficient (Wildman–Crippen LogP) is 5.45. The van der Waals surface area contributed by atoms with Gasteiger partial charge in [-0.05, 0) is 57.0 Å². The van der Waals surface area contributed by atoms with Crippen LogP contribution in [0.3, 0.4) is 0 Å². The minimum absolute atomic E-state index is 0.123. The quantitative estimate of drug-likeness (QED) is 0.508. The van der Waals surface area contributed by atoms with Crippen LogP contribution in [0.4, 0.5) is 0 Å². The Kier molecular flexibility index (Phi) is 4.41. The molecule has 0 saturated heterocycles. The van der Waals surface area contributed by atoms with E-state index in [4.69, 9.17) is 14.2 Å². The van der Waals surface area contributed by atoms with Crippen LogP contribution in [0.15, 0.2) is 60.7 Å². The van der Waals surface area contributed by atoms with Crippen molar-refractivity contribution in [1.29, 1.82) is 0 Å². The number of hydrogen-bond acceptors (Lipinski definition) is 5. The lowest BCUT2D eigenvalue weighted by Crippen LogP contribution is -2.33. The molecule has 3 aromatic rings. The summed E-state index contributed by atoms with van der Waals surface area (Å²) in [5.41, 5.74) is 3.02. The van der Waals surface area contributed by atoms with Crippen molar-refractivity contribution in [1.82, 2.24) is 0 Å². The van der Waals surface area contributed by atoms with Crippen LogP contribution in [0.25, 0.3) is 0 Å². The molecule has 0 aliphatic carbocycles. The number of rotatable bonds is 2. The number of fused-ring (bicyclic) bond motifs is 6. The first-order valence-electron chi connectivity index (χ1n) is 10.6. The van der Waals surface area contributed by atoms with Crippen molar-refractivity contribution in [2.45, 2.75) is 45.3 Å². The molecule has 1 spiro atoms. The van der Waals surface area contributed by atoms with E-state index in [0.29, 0.717) is 17.1 Å². The molecule has 32 heavy (non-hydrogen) atoms. The van der Waals surface area contributed by atoms with Crippen LogP contribution in [0.5, 0.6) is 11.5 Å². The molecule has 5 rings (SSSR count). The van der Waals surface area contributed by atoms with Crippen molar-refractivity contribution in [2.24, 2.45) is 0 Å². The predicted molar refractivity (Wildman–Crippen MR) is 119 cm³/mol. The van der Waals surface area contributed by atoms with Gasteiger partial charge < -0.3 is 14.2 Å². The molecule has 0 fully saturated rings. The minimum Gasteiger partial charge on any atom is -0.460 e. The summed E-state index contributed by atoms with van der Waals surface area (Å²) in [7, 11) is 0. The zero-order valence-corrected chi connectivity index (χ0v) is 18.5. The van der Waals surface area contributed by atoms with Gasteiger partial charge in [-0.3, -0.25) is 4.79 Å². The summed E-state index contributed by atoms with van der Waals surface area (Å²) in [5, 5.41) is 0. The molecular formula is C27H24O5. The fourth-order valence-corrected chi connectivity index (χ4v) is 4.48. The molecule has 2 aliphatic rings. The van der Waals surface area contributed by atoms with E-state index in [0.717, 1.165) is 27.8 Å². The zero-order valence-electron chi connectivity index (χ0n) is 18.5. The van der Waals surface area contributed by atoms with Gasteiger partial charge in [0.15, 0.2) is 5.60 Å². The Bertz CT molecular complexity index is 1270. The van der Waals surface area contributed by atoms with Crippen LogP contribution in [-0.4, -0.2) is 17.5 Å². The first-order valence-corrected chi connectivity index (χ1v) is 10.6. The van der Waals surface area contributed by atoms with E-state index in [2.05, 4.69) is 0 Å². The molecule has 2 aliphatic heterocycles. The third kappa shape index (κ3) is 3.16. The average molecular weight is 428 g/mol.